The molecule has 1 N–H and O–H groups in total. The summed E-state index contributed by atoms with van der Waals surface area (Å²) in [5.74, 6) is 0.716. The van der Waals surface area contributed by atoms with Gasteiger partial charge in [-0.1, -0.05) is 6.07 Å². The van der Waals surface area contributed by atoms with Crippen molar-refractivity contribution in [1.82, 2.24) is 19.6 Å². The van der Waals surface area contributed by atoms with E-state index in [0.29, 0.717) is 40.9 Å². The molecule has 9 nitrogen and oxygen atoms in total. The van der Waals surface area contributed by atoms with Crippen LogP contribution in [0.5, 0.6) is 11.5 Å². The molecule has 1 unspecified atom stereocenters. The zero-order chi connectivity index (χ0) is 21.0. The monoisotopic (exact) mass is 426 g/mol. The lowest BCUT2D eigenvalue weighted by atomic mass is 9.91. The lowest BCUT2D eigenvalue weighted by Crippen LogP contribution is -2.41. The number of carbonyl (C=O) groups is 2. The lowest BCUT2D eigenvalue weighted by molar-refractivity contribution is -0.131. The van der Waals surface area contributed by atoms with Gasteiger partial charge in [0.15, 0.2) is 16.5 Å². The van der Waals surface area contributed by atoms with Crippen LogP contribution in [-0.2, 0) is 16.9 Å². The normalized spacial score (nSPS) is 20.7. The summed E-state index contributed by atoms with van der Waals surface area (Å²) in [6, 6.07) is 5.99. The third-order valence-corrected chi connectivity index (χ3v) is 6.29. The van der Waals surface area contributed by atoms with Crippen molar-refractivity contribution in [2.45, 2.75) is 25.9 Å². The number of nitrogens with zero attached hydrogens (tertiary/aromatic N) is 3. The highest BCUT2D eigenvalue weighted by molar-refractivity contribution is 7.15. The predicted molar refractivity (Wildman–Crippen MR) is 108 cm³/mol. The van der Waals surface area contributed by atoms with Gasteiger partial charge in [-0.05, 0) is 31.5 Å². The standard InChI is InChI=1S/C20H18N4O5S/c1-11-10-30-19-21-13(8-16(25)24(11)19)9-23-17(26)20(2,22-18(23)27)12-3-4-14-15(7-12)29-6-5-28-14/h3-4,7-8,10H,5-6,9H2,1-2H3,(H,22,27). The number of amides is 3. The predicted octanol–water partition coefficient (Wildman–Crippen LogP) is 1.80. The van der Waals surface area contributed by atoms with Crippen molar-refractivity contribution in [2.24, 2.45) is 0 Å². The number of imide groups is 1. The Morgan fingerprint density at radius 2 is 1.93 bits per heavy atom. The molecule has 1 fully saturated rings. The molecule has 2 aliphatic heterocycles. The van der Waals surface area contributed by atoms with Crippen molar-refractivity contribution in [3.8, 4) is 11.5 Å². The maximum atomic E-state index is 13.2. The number of thiazole rings is 1. The Balaban J connectivity index is 1.46. The van der Waals surface area contributed by atoms with E-state index in [-0.39, 0.29) is 12.1 Å². The molecule has 0 saturated carbocycles. The Hall–Kier alpha value is -3.40. The number of hydrogen-bond donors (Lipinski definition) is 1. The van der Waals surface area contributed by atoms with E-state index in [1.54, 1.807) is 25.1 Å². The van der Waals surface area contributed by atoms with Crippen molar-refractivity contribution in [1.29, 1.82) is 0 Å². The fraction of sp³-hybridized carbons (Fsp3) is 0.300. The van der Waals surface area contributed by atoms with Gasteiger partial charge in [0.05, 0.1) is 12.2 Å². The van der Waals surface area contributed by atoms with Crippen LogP contribution in [0.4, 0.5) is 4.79 Å². The fourth-order valence-corrected chi connectivity index (χ4v) is 4.63. The van der Waals surface area contributed by atoms with Crippen LogP contribution in [0.3, 0.4) is 0 Å². The van der Waals surface area contributed by atoms with Crippen LogP contribution in [-0.4, -0.2) is 39.4 Å². The molecule has 10 heteroatoms. The summed E-state index contributed by atoms with van der Waals surface area (Å²) in [5, 5.41) is 4.60. The Bertz CT molecular complexity index is 1270. The van der Waals surface area contributed by atoms with Gasteiger partial charge < -0.3 is 14.8 Å². The zero-order valence-corrected chi connectivity index (χ0v) is 17.1. The van der Waals surface area contributed by atoms with Gasteiger partial charge in [0, 0.05) is 17.1 Å². The molecule has 2 aromatic heterocycles. The van der Waals surface area contributed by atoms with Gasteiger partial charge in [-0.3, -0.25) is 18.9 Å². The Labute approximate surface area is 174 Å². The molecule has 3 amide bonds. The average molecular weight is 426 g/mol. The van der Waals surface area contributed by atoms with Gasteiger partial charge in [0.2, 0.25) is 0 Å². The van der Waals surface area contributed by atoms with E-state index in [1.165, 1.54) is 21.8 Å². The summed E-state index contributed by atoms with van der Waals surface area (Å²) < 4.78 is 12.6. The van der Waals surface area contributed by atoms with Gasteiger partial charge >= 0.3 is 6.03 Å². The number of aromatic nitrogens is 2. The Kier molecular flexibility index (Phi) is 4.07. The van der Waals surface area contributed by atoms with Crippen LogP contribution < -0.4 is 20.3 Å². The molecular formula is C20H18N4O5S. The van der Waals surface area contributed by atoms with Crippen LogP contribution in [0.1, 0.15) is 23.9 Å². The quantitative estimate of drug-likeness (QED) is 0.641. The smallest absolute Gasteiger partial charge is 0.325 e. The first-order valence-corrected chi connectivity index (χ1v) is 10.3. The van der Waals surface area contributed by atoms with Crippen molar-refractivity contribution < 1.29 is 19.1 Å². The van der Waals surface area contributed by atoms with Gasteiger partial charge in [0.1, 0.15) is 18.8 Å². The van der Waals surface area contributed by atoms with Gasteiger partial charge in [-0.25, -0.2) is 9.78 Å². The molecule has 5 rings (SSSR count). The van der Waals surface area contributed by atoms with Crippen LogP contribution in [0.15, 0.2) is 34.4 Å². The lowest BCUT2D eigenvalue weighted by Gasteiger charge is -2.25. The highest BCUT2D eigenvalue weighted by Crippen LogP contribution is 2.37. The van der Waals surface area contributed by atoms with E-state index >= 15 is 0 Å². The first-order chi connectivity index (χ1) is 14.4. The van der Waals surface area contributed by atoms with Gasteiger partial charge in [-0.15, -0.1) is 11.3 Å². The van der Waals surface area contributed by atoms with Gasteiger partial charge in [-0.2, -0.15) is 0 Å². The molecule has 0 aliphatic carbocycles. The molecule has 0 spiro atoms. The summed E-state index contributed by atoms with van der Waals surface area (Å²) in [6.07, 6.45) is 0. The van der Waals surface area contributed by atoms with Crippen LogP contribution >= 0.6 is 11.3 Å². The van der Waals surface area contributed by atoms with E-state index in [2.05, 4.69) is 10.3 Å². The molecule has 1 aromatic carbocycles. The summed E-state index contributed by atoms with van der Waals surface area (Å²) in [5.41, 5.74) is 0.239. The minimum Gasteiger partial charge on any atom is -0.486 e. The van der Waals surface area contributed by atoms with E-state index in [9.17, 15) is 14.4 Å². The first kappa shape index (κ1) is 18.6. The van der Waals surface area contributed by atoms with E-state index in [1.807, 2.05) is 12.3 Å². The highest BCUT2D eigenvalue weighted by atomic mass is 32.1. The number of benzene rings is 1. The molecule has 3 aromatic rings. The minimum absolute atomic E-state index is 0.0898. The second kappa shape index (κ2) is 6.56. The third kappa shape index (κ3) is 2.75. The summed E-state index contributed by atoms with van der Waals surface area (Å²) in [7, 11) is 0. The number of urea groups is 1. The van der Waals surface area contributed by atoms with E-state index < -0.39 is 17.5 Å². The summed E-state index contributed by atoms with van der Waals surface area (Å²) in [6.45, 7) is 4.27. The average Bonchev–Trinajstić information content (AvgIpc) is 3.21. The molecule has 1 atom stereocenters. The molecule has 4 heterocycles. The van der Waals surface area contributed by atoms with E-state index in [4.69, 9.17) is 9.47 Å². The SMILES string of the molecule is Cc1csc2nc(CN3C(=O)NC(C)(c4ccc5c(c4)OCCO5)C3=O)cc(=O)n12. The van der Waals surface area contributed by atoms with Crippen LogP contribution in [0, 0.1) is 6.92 Å². The number of carbonyl (C=O) groups excluding carboxylic acids is 2. The molecule has 0 bridgehead atoms. The minimum atomic E-state index is -1.26. The number of nitrogens with one attached hydrogen (secondary N) is 1. The Morgan fingerprint density at radius 1 is 1.17 bits per heavy atom. The number of aryl methyl sites for hydroxylation is 1. The molecule has 2 aliphatic rings. The number of rotatable bonds is 3. The molecular weight excluding hydrogens is 408 g/mol. The number of hydrogen-bond acceptors (Lipinski definition) is 7. The topological polar surface area (TPSA) is 102 Å². The zero-order valence-electron chi connectivity index (χ0n) is 16.3. The van der Waals surface area contributed by atoms with Crippen LogP contribution in [0.2, 0.25) is 0 Å². The number of ether oxygens (including phenoxy) is 2. The maximum Gasteiger partial charge on any atom is 0.325 e. The Morgan fingerprint density at radius 3 is 2.73 bits per heavy atom. The van der Waals surface area contributed by atoms with Crippen molar-refractivity contribution >= 4 is 28.2 Å². The molecule has 30 heavy (non-hydrogen) atoms. The number of fused-ring (bicyclic) bond motifs is 2. The molecule has 1 saturated heterocycles. The second-order valence-electron chi connectivity index (χ2n) is 7.39. The maximum absolute atomic E-state index is 13.2. The van der Waals surface area contributed by atoms with Gasteiger partial charge in [0.25, 0.3) is 11.5 Å². The largest absolute Gasteiger partial charge is 0.486 e. The molecule has 154 valence electrons. The highest BCUT2D eigenvalue weighted by Gasteiger charge is 2.49. The van der Waals surface area contributed by atoms with Crippen molar-refractivity contribution in [3.05, 3.63) is 57.0 Å². The summed E-state index contributed by atoms with van der Waals surface area (Å²) in [4.78, 5) is 44.3. The summed E-state index contributed by atoms with van der Waals surface area (Å²) >= 11 is 1.33. The second-order valence-corrected chi connectivity index (χ2v) is 8.22. The van der Waals surface area contributed by atoms with Crippen LogP contribution in [0.25, 0.3) is 4.96 Å². The van der Waals surface area contributed by atoms with Crippen molar-refractivity contribution in [2.75, 3.05) is 13.2 Å². The first-order valence-electron chi connectivity index (χ1n) is 9.38. The van der Waals surface area contributed by atoms with Crippen molar-refractivity contribution in [3.63, 3.8) is 0 Å². The molecule has 0 radical (unpaired) electrons. The van der Waals surface area contributed by atoms with E-state index in [0.717, 1.165) is 10.6 Å². The third-order valence-electron chi connectivity index (χ3n) is 5.34. The fourth-order valence-electron chi connectivity index (χ4n) is 3.73.